The van der Waals surface area contributed by atoms with Crippen LogP contribution >= 0.6 is 0 Å². The van der Waals surface area contributed by atoms with Crippen molar-refractivity contribution in [2.24, 2.45) is 35.5 Å². The van der Waals surface area contributed by atoms with Crippen LogP contribution in [-0.4, -0.2) is 113 Å². The molecule has 0 atom stereocenters. The molecule has 5 rings (SSSR count). The highest BCUT2D eigenvalue weighted by molar-refractivity contribution is 5.95. The van der Waals surface area contributed by atoms with Gasteiger partial charge in [0.2, 0.25) is 0 Å². The fraction of sp³-hybridized carbons (Fsp3) is 0.544. The summed E-state index contributed by atoms with van der Waals surface area (Å²) < 4.78 is 58.9. The van der Waals surface area contributed by atoms with Crippen molar-refractivity contribution < 1.29 is 100 Å². The molecule has 424 valence electrons. The Morgan fingerprint density at radius 1 is 0.423 bits per heavy atom. The lowest BCUT2D eigenvalue weighted by Gasteiger charge is -2.26. The molecule has 21 nitrogen and oxygen atoms in total. The van der Waals surface area contributed by atoms with E-state index in [0.717, 1.165) is 19.3 Å². The Morgan fingerprint density at radius 2 is 0.756 bits per heavy atom. The second-order valence-corrected chi connectivity index (χ2v) is 19.0. The Kier molecular flexibility index (Phi) is 25.5. The summed E-state index contributed by atoms with van der Waals surface area (Å²) in [5.41, 5.74) is -0.312. The maximum Gasteiger partial charge on any atom is 0.342 e. The third-order valence-electron chi connectivity index (χ3n) is 13.6. The van der Waals surface area contributed by atoms with Gasteiger partial charge in [-0.25, -0.2) is 19.2 Å². The summed E-state index contributed by atoms with van der Waals surface area (Å²) in [6.07, 6.45) is 8.25. The van der Waals surface area contributed by atoms with Crippen molar-refractivity contribution in [2.75, 3.05) is 53.4 Å². The number of rotatable bonds is 28. The van der Waals surface area contributed by atoms with Crippen molar-refractivity contribution in [2.45, 2.75) is 110 Å². The lowest BCUT2D eigenvalue weighted by molar-refractivity contribution is -0.152. The van der Waals surface area contributed by atoms with Gasteiger partial charge in [0, 0.05) is 18.8 Å². The van der Waals surface area contributed by atoms with E-state index >= 15 is 0 Å². The summed E-state index contributed by atoms with van der Waals surface area (Å²) in [7, 11) is 1.15. The lowest BCUT2D eigenvalue weighted by atomic mass is 9.82. The molecular formula is C57H70O21. The smallest absolute Gasteiger partial charge is 0.342 e. The molecule has 0 aromatic heterocycles. The van der Waals surface area contributed by atoms with Gasteiger partial charge >= 0.3 is 59.7 Å². The molecule has 0 spiro atoms. The van der Waals surface area contributed by atoms with Crippen LogP contribution in [0.15, 0.2) is 61.7 Å². The van der Waals surface area contributed by atoms with Gasteiger partial charge in [0.15, 0.2) is 0 Å². The molecule has 2 aromatic carbocycles. The first-order chi connectivity index (χ1) is 37.6. The van der Waals surface area contributed by atoms with Gasteiger partial charge in [-0.1, -0.05) is 13.2 Å². The van der Waals surface area contributed by atoms with Gasteiger partial charge in [-0.15, -0.1) is 0 Å². The molecule has 0 N–H and O–H groups in total. The van der Waals surface area contributed by atoms with Crippen molar-refractivity contribution in [3.8, 4) is 23.0 Å². The number of unbranched alkanes of at least 4 members (excludes halogenated alkanes) is 2. The standard InChI is InChI=1S/C57H70O21/c1-5-48(58)70-28-8-10-30-72-50(60)36-12-16-40(17-13-36)54(64)77-46-26-24-42(34-44(46)56(66)68-4)75-52(62)38-20-22-39(23-21-38)53(63)76-43-25-27-47(45(35-43)57(67)74-33-32-69-7-3)78-55(65)41-18-14-37(15-19-41)51(61)73-31-11-9-29-71-49(59)6-2/h5-6,24-27,34-41H,1-2,7-23,28-33H2,3-4H3. The van der Waals surface area contributed by atoms with Gasteiger partial charge in [0.25, 0.3) is 0 Å². The van der Waals surface area contributed by atoms with Crippen LogP contribution in [-0.2, 0) is 71.5 Å². The summed E-state index contributed by atoms with van der Waals surface area (Å²) >= 11 is 0. The molecule has 0 amide bonds. The first-order valence-corrected chi connectivity index (χ1v) is 26.5. The molecule has 3 aliphatic rings. The summed E-state index contributed by atoms with van der Waals surface area (Å²) in [5, 5.41) is 0. The molecular weight excluding hydrogens is 1020 g/mol. The Hall–Kier alpha value is -7.42. The number of hydrogen-bond acceptors (Lipinski definition) is 21. The number of esters is 10. The highest BCUT2D eigenvalue weighted by atomic mass is 16.6. The van der Waals surface area contributed by atoms with Crippen LogP contribution in [0.2, 0.25) is 0 Å². The third-order valence-corrected chi connectivity index (χ3v) is 13.6. The number of hydrogen-bond donors (Lipinski definition) is 0. The van der Waals surface area contributed by atoms with Crippen LogP contribution in [0.1, 0.15) is 130 Å². The largest absolute Gasteiger partial charge is 0.465 e. The molecule has 3 aliphatic carbocycles. The quantitative estimate of drug-likeness (QED) is 0.0262. The predicted molar refractivity (Wildman–Crippen MR) is 273 cm³/mol. The number of carbonyl (C=O) groups is 10. The zero-order valence-corrected chi connectivity index (χ0v) is 44.3. The Bertz CT molecular complexity index is 2440. The van der Waals surface area contributed by atoms with E-state index in [2.05, 4.69) is 13.2 Å². The van der Waals surface area contributed by atoms with E-state index in [1.807, 2.05) is 0 Å². The molecule has 0 saturated heterocycles. The molecule has 3 saturated carbocycles. The Morgan fingerprint density at radius 3 is 1.10 bits per heavy atom. The summed E-state index contributed by atoms with van der Waals surface area (Å²) in [4.78, 5) is 127. The monoisotopic (exact) mass is 1090 g/mol. The van der Waals surface area contributed by atoms with Crippen LogP contribution in [0.25, 0.3) is 0 Å². The van der Waals surface area contributed by atoms with Gasteiger partial charge in [-0.3, -0.25) is 28.8 Å². The van der Waals surface area contributed by atoms with Crippen LogP contribution < -0.4 is 18.9 Å². The van der Waals surface area contributed by atoms with Crippen LogP contribution in [0.4, 0.5) is 0 Å². The molecule has 0 aliphatic heterocycles. The first-order valence-electron chi connectivity index (χ1n) is 26.5. The fourth-order valence-corrected chi connectivity index (χ4v) is 9.10. The van der Waals surface area contributed by atoms with Crippen molar-refractivity contribution in [3.63, 3.8) is 0 Å². The lowest BCUT2D eigenvalue weighted by Crippen LogP contribution is -2.30. The summed E-state index contributed by atoms with van der Waals surface area (Å²) in [6.45, 7) is 9.59. The number of methoxy groups -OCH3 is 1. The minimum absolute atomic E-state index is 0.000400. The third kappa shape index (κ3) is 19.5. The predicted octanol–water partition coefficient (Wildman–Crippen LogP) is 7.51. The van der Waals surface area contributed by atoms with Crippen LogP contribution in [0.3, 0.4) is 0 Å². The van der Waals surface area contributed by atoms with E-state index in [0.29, 0.717) is 83.7 Å². The average Bonchev–Trinajstić information content (AvgIpc) is 3.49. The molecule has 21 heteroatoms. The molecule has 0 unspecified atom stereocenters. The minimum Gasteiger partial charge on any atom is -0.465 e. The van der Waals surface area contributed by atoms with E-state index in [-0.39, 0.29) is 117 Å². The SMILES string of the molecule is C=CC(=O)OCCCCOC(=O)C1CCC(C(=O)Oc2ccc(OC(=O)C3CCC(C(=O)Oc4ccc(OC(=O)C5CCC(C(=O)OCCCCOC(=O)C=C)CC5)c(C(=O)OCCOCC)c4)CC3)cc2C(=O)OC)CC1. The highest BCUT2D eigenvalue weighted by Gasteiger charge is 2.36. The van der Waals surface area contributed by atoms with Gasteiger partial charge in [0.05, 0.1) is 75.7 Å². The van der Waals surface area contributed by atoms with E-state index < -0.39 is 77.3 Å². The van der Waals surface area contributed by atoms with Gasteiger partial charge in [0.1, 0.15) is 40.7 Å². The van der Waals surface area contributed by atoms with Gasteiger partial charge in [-0.05, 0) is 146 Å². The summed E-state index contributed by atoms with van der Waals surface area (Å²) in [6, 6.07) is 7.94. The Balaban J connectivity index is 1.08. The van der Waals surface area contributed by atoms with E-state index in [9.17, 15) is 47.9 Å². The molecule has 2 aromatic rings. The summed E-state index contributed by atoms with van der Waals surface area (Å²) in [5.74, 6) is -9.19. The number of carbonyl (C=O) groups excluding carboxylic acids is 10. The van der Waals surface area contributed by atoms with Crippen molar-refractivity contribution in [1.82, 2.24) is 0 Å². The van der Waals surface area contributed by atoms with Crippen LogP contribution in [0, 0.1) is 35.5 Å². The van der Waals surface area contributed by atoms with Gasteiger partial charge in [-0.2, -0.15) is 0 Å². The zero-order valence-electron chi connectivity index (χ0n) is 44.3. The number of ether oxygens (including phenoxy) is 11. The van der Waals surface area contributed by atoms with Crippen molar-refractivity contribution >= 4 is 59.7 Å². The minimum atomic E-state index is -0.846. The second-order valence-electron chi connectivity index (χ2n) is 19.0. The maximum absolute atomic E-state index is 13.5. The average molecular weight is 1090 g/mol. The molecule has 0 radical (unpaired) electrons. The van der Waals surface area contributed by atoms with Crippen molar-refractivity contribution in [3.05, 3.63) is 72.8 Å². The molecule has 0 heterocycles. The second kappa shape index (κ2) is 32.3. The Labute approximate surface area is 452 Å². The molecule has 0 bridgehead atoms. The fourth-order valence-electron chi connectivity index (χ4n) is 9.10. The first kappa shape index (κ1) is 61.4. The van der Waals surface area contributed by atoms with Gasteiger partial charge < -0.3 is 52.1 Å². The van der Waals surface area contributed by atoms with E-state index in [1.54, 1.807) is 6.92 Å². The van der Waals surface area contributed by atoms with E-state index in [1.165, 1.54) is 36.4 Å². The molecule has 3 fully saturated rings. The highest BCUT2D eigenvalue weighted by Crippen LogP contribution is 2.36. The van der Waals surface area contributed by atoms with Crippen LogP contribution in [0.5, 0.6) is 23.0 Å². The normalized spacial score (nSPS) is 19.8. The molecule has 78 heavy (non-hydrogen) atoms. The maximum atomic E-state index is 13.5. The number of benzene rings is 2. The van der Waals surface area contributed by atoms with E-state index in [4.69, 9.17) is 52.1 Å². The zero-order chi connectivity index (χ0) is 56.4. The van der Waals surface area contributed by atoms with Crippen molar-refractivity contribution in [1.29, 1.82) is 0 Å². The topological polar surface area (TPSA) is 272 Å².